The van der Waals surface area contributed by atoms with Crippen LogP contribution in [0.3, 0.4) is 0 Å². The number of rotatable bonds is 16. The van der Waals surface area contributed by atoms with Gasteiger partial charge in [0.15, 0.2) is 0 Å². The number of hydrogen-bond acceptors (Lipinski definition) is 16. The van der Waals surface area contributed by atoms with Gasteiger partial charge in [-0.2, -0.15) is 40.0 Å². The van der Waals surface area contributed by atoms with Crippen molar-refractivity contribution in [1.29, 1.82) is 0 Å². The summed E-state index contributed by atoms with van der Waals surface area (Å²) < 4.78 is 0. The van der Waals surface area contributed by atoms with Gasteiger partial charge in [-0.05, 0) is 69.0 Å². The number of benzene rings is 2. The molecule has 20 nitrogen and oxygen atoms in total. The zero-order valence-corrected chi connectivity index (χ0v) is 33.1. The second-order valence-electron chi connectivity index (χ2n) is 15.0. The Kier molecular flexibility index (Phi) is 12.1. The second-order valence-corrected chi connectivity index (χ2v) is 15.0. The van der Waals surface area contributed by atoms with E-state index in [0.717, 1.165) is 62.7 Å². The number of nitrogens with two attached hydrogens (primary N) is 2. The van der Waals surface area contributed by atoms with Crippen LogP contribution in [0.5, 0.6) is 0 Å². The monoisotopic (exact) mass is 812 g/mol. The van der Waals surface area contributed by atoms with Crippen molar-refractivity contribution >= 4 is 46.7 Å². The zero-order valence-electron chi connectivity index (χ0n) is 33.1. The Balaban J connectivity index is 0.921. The summed E-state index contributed by atoms with van der Waals surface area (Å²) in [6, 6.07) is 15.2. The van der Waals surface area contributed by atoms with Crippen LogP contribution >= 0.6 is 0 Å². The van der Waals surface area contributed by atoms with Crippen molar-refractivity contribution < 1.29 is 9.59 Å². The number of amides is 2. The van der Waals surface area contributed by atoms with Crippen molar-refractivity contribution in [1.82, 2.24) is 60.6 Å². The Morgan fingerprint density at radius 2 is 1.02 bits per heavy atom. The van der Waals surface area contributed by atoms with Gasteiger partial charge in [0, 0.05) is 47.9 Å². The molecule has 0 aliphatic heterocycles. The molecule has 0 saturated heterocycles. The average molecular weight is 813 g/mol. The molecule has 2 aromatic carbocycles. The first kappa shape index (κ1) is 39.8. The number of nitrogens with one attached hydrogen (secondary N) is 6. The van der Waals surface area contributed by atoms with Crippen LogP contribution in [-0.4, -0.2) is 92.1 Å². The molecule has 60 heavy (non-hydrogen) atoms. The van der Waals surface area contributed by atoms with Gasteiger partial charge in [-0.3, -0.25) is 20.2 Å². The summed E-state index contributed by atoms with van der Waals surface area (Å²) in [7, 11) is 0. The average Bonchev–Trinajstić information content (AvgIpc) is 3.99. The summed E-state index contributed by atoms with van der Waals surface area (Å²) in [4.78, 5) is 46.2. The fraction of sp³-hybridized carbons (Fsp3) is 0.350. The highest BCUT2D eigenvalue weighted by Gasteiger charge is 2.31. The molecule has 2 aliphatic rings. The number of hydrogen-bond donors (Lipinski definition) is 8. The van der Waals surface area contributed by atoms with Crippen LogP contribution in [0.25, 0.3) is 11.4 Å². The van der Waals surface area contributed by atoms with E-state index < -0.39 is 11.8 Å². The molecule has 1 unspecified atom stereocenters. The highest BCUT2D eigenvalue weighted by atomic mass is 16.1. The van der Waals surface area contributed by atoms with Gasteiger partial charge in [0.1, 0.15) is 22.8 Å². The van der Waals surface area contributed by atoms with Gasteiger partial charge in [-0.15, -0.1) is 0 Å². The van der Waals surface area contributed by atoms with Crippen molar-refractivity contribution in [3.63, 3.8) is 0 Å². The van der Waals surface area contributed by atoms with E-state index >= 15 is 0 Å². The second kappa shape index (κ2) is 18.2. The lowest BCUT2D eigenvalue weighted by Crippen LogP contribution is -2.58. The minimum absolute atomic E-state index is 0.0318. The molecule has 2 saturated carbocycles. The third kappa shape index (κ3) is 9.62. The standard InChI is InChI=1S/C40H48N18O2/c1-24(49-31-12-2-4-14-33(31)53-39-43-22-29(35(41)59)37(55-39)51-25-8-6-10-27(20-25)57-45-16-17-46-57)50-32-13-3-5-15-34(32)54-40-44-23-30(36(42)60)38(56-40)52-26-9-7-11-28(21-26)58-47-18-19-48-58/h6-11,16-24,31-34,49-50H,2-5,12-15H2,1H3,(H2,41,59)(H2,42,60)(H2,43,51,53,55)(H2,44,52,54,56)/t24?,31-,32+,33-,34-/m1/s1. The molecule has 0 bridgehead atoms. The van der Waals surface area contributed by atoms with E-state index in [2.05, 4.69) is 69.2 Å². The highest BCUT2D eigenvalue weighted by molar-refractivity contribution is 5.98. The van der Waals surface area contributed by atoms with Gasteiger partial charge in [0.2, 0.25) is 11.9 Å². The Hall–Kier alpha value is -7.06. The SMILES string of the molecule is CC(N[C@H]1CCCC[C@H]1Nc1ncc(C(N)=O)c(Nc2cccc(-n3nccn3)c2)n1)N[C@@H]1CCCC[C@H]1Nc1ncc(C(N)=O)c(Nc2cccc(-n3nccn3)c2)n1. The third-order valence-electron chi connectivity index (χ3n) is 10.7. The van der Waals surface area contributed by atoms with E-state index in [4.69, 9.17) is 21.4 Å². The van der Waals surface area contributed by atoms with Crippen molar-refractivity contribution in [3.05, 3.63) is 96.8 Å². The van der Waals surface area contributed by atoms with Gasteiger partial charge in [0.05, 0.1) is 42.3 Å². The summed E-state index contributed by atoms with van der Waals surface area (Å²) in [5, 5.41) is 38.0. The van der Waals surface area contributed by atoms with Gasteiger partial charge in [0.25, 0.3) is 11.8 Å². The lowest BCUT2D eigenvalue weighted by atomic mass is 9.89. The fourth-order valence-electron chi connectivity index (χ4n) is 7.87. The predicted octanol–water partition coefficient (Wildman–Crippen LogP) is 3.78. The molecule has 2 aliphatic carbocycles. The molecular formula is C40H48N18O2. The van der Waals surface area contributed by atoms with E-state index in [-0.39, 0.29) is 41.5 Å². The van der Waals surface area contributed by atoms with Crippen LogP contribution in [0, 0.1) is 0 Å². The maximum absolute atomic E-state index is 12.4. The van der Waals surface area contributed by atoms with E-state index in [9.17, 15) is 9.59 Å². The Morgan fingerprint density at radius 3 is 1.42 bits per heavy atom. The van der Waals surface area contributed by atoms with E-state index in [0.29, 0.717) is 34.9 Å². The van der Waals surface area contributed by atoms with Gasteiger partial charge >= 0.3 is 0 Å². The number of nitrogens with zero attached hydrogens (tertiary/aromatic N) is 10. The smallest absolute Gasteiger partial charge is 0.254 e. The molecule has 20 heteroatoms. The molecule has 2 amide bonds. The van der Waals surface area contributed by atoms with E-state index in [1.54, 1.807) is 24.8 Å². The van der Waals surface area contributed by atoms with Crippen LogP contribution in [0.2, 0.25) is 0 Å². The molecule has 8 rings (SSSR count). The van der Waals surface area contributed by atoms with Crippen molar-refractivity contribution in [2.45, 2.75) is 88.6 Å². The molecule has 2 fully saturated rings. The molecule has 4 aromatic heterocycles. The zero-order chi connectivity index (χ0) is 41.4. The lowest BCUT2D eigenvalue weighted by molar-refractivity contribution is 0.0992. The molecule has 6 aromatic rings. The molecule has 310 valence electrons. The maximum atomic E-state index is 12.4. The summed E-state index contributed by atoms with van der Waals surface area (Å²) in [6.07, 6.45) is 17.3. The largest absolute Gasteiger partial charge is 0.365 e. The third-order valence-corrected chi connectivity index (χ3v) is 10.7. The van der Waals surface area contributed by atoms with Gasteiger partial charge < -0.3 is 32.7 Å². The van der Waals surface area contributed by atoms with Crippen LogP contribution in [0.4, 0.5) is 34.9 Å². The van der Waals surface area contributed by atoms with Crippen LogP contribution in [0.1, 0.15) is 79.0 Å². The number of aromatic nitrogens is 10. The minimum atomic E-state index is -0.640. The van der Waals surface area contributed by atoms with Crippen LogP contribution in [0.15, 0.2) is 85.7 Å². The Labute approximate surface area is 345 Å². The Morgan fingerprint density at radius 1 is 0.617 bits per heavy atom. The number of carbonyl (C=O) groups is 2. The molecule has 4 heterocycles. The first-order valence-corrected chi connectivity index (χ1v) is 20.1. The van der Waals surface area contributed by atoms with Crippen molar-refractivity contribution in [3.8, 4) is 11.4 Å². The summed E-state index contributed by atoms with van der Waals surface area (Å²) in [6.45, 7) is 2.14. The number of carbonyl (C=O) groups excluding carboxylic acids is 2. The first-order valence-electron chi connectivity index (χ1n) is 20.1. The fourth-order valence-corrected chi connectivity index (χ4v) is 7.87. The maximum Gasteiger partial charge on any atom is 0.254 e. The molecule has 0 spiro atoms. The quantitative estimate of drug-likeness (QED) is 0.0646. The number of primary amides is 2. The normalized spacial score (nSPS) is 19.6. The lowest BCUT2D eigenvalue weighted by Gasteiger charge is -2.38. The van der Waals surface area contributed by atoms with Gasteiger partial charge in [-0.25, -0.2) is 9.97 Å². The molecule has 10 N–H and O–H groups in total. The summed E-state index contributed by atoms with van der Waals surface area (Å²) >= 11 is 0. The summed E-state index contributed by atoms with van der Waals surface area (Å²) in [5.74, 6) is 0.0937. The predicted molar refractivity (Wildman–Crippen MR) is 225 cm³/mol. The molecular weight excluding hydrogens is 765 g/mol. The van der Waals surface area contributed by atoms with Crippen molar-refractivity contribution in [2.24, 2.45) is 11.5 Å². The Bertz CT molecular complexity index is 2220. The van der Waals surface area contributed by atoms with Gasteiger partial charge in [-0.1, -0.05) is 37.8 Å². The van der Waals surface area contributed by atoms with Crippen molar-refractivity contribution in [2.75, 3.05) is 21.3 Å². The van der Waals surface area contributed by atoms with Crippen LogP contribution in [-0.2, 0) is 0 Å². The topological polar surface area (TPSA) is 271 Å². The minimum Gasteiger partial charge on any atom is -0.365 e. The van der Waals surface area contributed by atoms with E-state index in [1.165, 1.54) is 22.0 Å². The first-order chi connectivity index (χ1) is 29.3. The highest BCUT2D eigenvalue weighted by Crippen LogP contribution is 2.27. The molecule has 5 atom stereocenters. The van der Waals surface area contributed by atoms with Crippen LogP contribution < -0.4 is 43.4 Å². The number of anilines is 6. The molecule has 0 radical (unpaired) electrons. The summed E-state index contributed by atoms with van der Waals surface area (Å²) in [5.41, 5.74) is 14.6. The van der Waals surface area contributed by atoms with E-state index in [1.807, 2.05) is 48.5 Å².